The zero-order valence-electron chi connectivity index (χ0n) is 20.3. The van der Waals surface area contributed by atoms with Crippen molar-refractivity contribution in [3.63, 3.8) is 0 Å². The van der Waals surface area contributed by atoms with Gasteiger partial charge in [-0.25, -0.2) is 0 Å². The van der Waals surface area contributed by atoms with Crippen molar-refractivity contribution in [2.75, 3.05) is 26.2 Å². The van der Waals surface area contributed by atoms with Crippen molar-refractivity contribution in [3.05, 3.63) is 124 Å². The van der Waals surface area contributed by atoms with Gasteiger partial charge in [-0.2, -0.15) is 5.10 Å². The fourth-order valence-electron chi connectivity index (χ4n) is 5.04. The van der Waals surface area contributed by atoms with Crippen LogP contribution in [0.4, 0.5) is 0 Å². The van der Waals surface area contributed by atoms with Crippen LogP contribution in [0.3, 0.4) is 0 Å². The summed E-state index contributed by atoms with van der Waals surface area (Å²) in [4.78, 5) is 2.57. The zero-order valence-corrected chi connectivity index (χ0v) is 21.1. The lowest BCUT2D eigenvalue weighted by atomic mass is 9.96. The molecule has 4 aromatic rings. The molecular weight excluding hydrogens is 452 g/mol. The molecule has 4 nitrogen and oxygen atoms in total. The lowest BCUT2D eigenvalue weighted by molar-refractivity contribution is 0.113. The molecule has 35 heavy (non-hydrogen) atoms. The number of nitrogens with zero attached hydrogens (tertiary/aromatic N) is 4. The summed E-state index contributed by atoms with van der Waals surface area (Å²) in [6.45, 7) is 7.96. The van der Waals surface area contributed by atoms with E-state index in [1.54, 1.807) is 0 Å². The van der Waals surface area contributed by atoms with Crippen molar-refractivity contribution < 1.29 is 0 Å². The van der Waals surface area contributed by atoms with Gasteiger partial charge in [0, 0.05) is 43.1 Å². The first-order valence-electron chi connectivity index (χ1n) is 12.2. The maximum Gasteiger partial charge on any atom is 0.0646 e. The maximum atomic E-state index is 6.47. The second kappa shape index (κ2) is 10.5. The first-order chi connectivity index (χ1) is 17.1. The predicted molar refractivity (Wildman–Crippen MR) is 146 cm³/mol. The fraction of sp³-hybridized carbons (Fsp3) is 0.233. The molecule has 0 amide bonds. The smallest absolute Gasteiger partial charge is 0.0646 e. The van der Waals surface area contributed by atoms with E-state index in [-0.39, 0.29) is 6.04 Å². The molecule has 0 spiro atoms. The van der Waals surface area contributed by atoms with Gasteiger partial charge >= 0.3 is 0 Å². The van der Waals surface area contributed by atoms with Gasteiger partial charge in [0.2, 0.25) is 0 Å². The summed E-state index contributed by atoms with van der Waals surface area (Å²) in [5.41, 5.74) is 7.09. The lowest BCUT2D eigenvalue weighted by Gasteiger charge is -2.38. The molecule has 0 N–H and O–H groups in total. The molecule has 1 aliphatic rings. The van der Waals surface area contributed by atoms with Crippen molar-refractivity contribution in [1.82, 2.24) is 14.5 Å². The summed E-state index contributed by atoms with van der Waals surface area (Å²) >= 11 is 6.47. The van der Waals surface area contributed by atoms with E-state index in [0.29, 0.717) is 0 Å². The maximum absolute atomic E-state index is 6.47. The molecule has 0 bridgehead atoms. The molecule has 0 aliphatic carbocycles. The normalized spacial score (nSPS) is 14.8. The number of piperazine rings is 1. The number of rotatable bonds is 6. The van der Waals surface area contributed by atoms with Crippen molar-refractivity contribution in [2.45, 2.75) is 19.9 Å². The number of hydrogen-bond donors (Lipinski definition) is 0. The van der Waals surface area contributed by atoms with Gasteiger partial charge in [-0.1, -0.05) is 84.4 Å². The quantitative estimate of drug-likeness (QED) is 0.293. The average Bonchev–Trinajstić information content (AvgIpc) is 3.18. The summed E-state index contributed by atoms with van der Waals surface area (Å²) in [5, 5.41) is 7.80. The van der Waals surface area contributed by atoms with Crippen molar-refractivity contribution in [1.29, 1.82) is 0 Å². The summed E-state index contributed by atoms with van der Waals surface area (Å²) < 4.78 is 2.20. The van der Waals surface area contributed by atoms with E-state index < -0.39 is 0 Å². The standard InChI is InChI=1S/C30H31ClN4/c1-23-21-27(24(2)35(23)29-16-10-9-15-28(29)31)22-32-34-19-17-33(18-20-34)30(25-11-5-3-6-12-25)26-13-7-4-8-14-26/h3-16,21-22,30H,17-20H2,1-2H3. The van der Waals surface area contributed by atoms with Crippen LogP contribution in [0.2, 0.25) is 5.02 Å². The molecule has 1 fully saturated rings. The average molecular weight is 483 g/mol. The van der Waals surface area contributed by atoms with Crippen molar-refractivity contribution in [2.24, 2.45) is 5.10 Å². The van der Waals surface area contributed by atoms with Crippen LogP contribution in [0.15, 0.2) is 96.1 Å². The first-order valence-corrected chi connectivity index (χ1v) is 12.6. The topological polar surface area (TPSA) is 23.8 Å². The Morgan fingerprint density at radius 2 is 1.34 bits per heavy atom. The van der Waals surface area contributed by atoms with Crippen LogP contribution in [0, 0.1) is 13.8 Å². The van der Waals surface area contributed by atoms with Crippen LogP contribution in [0.1, 0.15) is 34.1 Å². The highest BCUT2D eigenvalue weighted by molar-refractivity contribution is 6.32. The molecule has 0 radical (unpaired) electrons. The van der Waals surface area contributed by atoms with Crippen LogP contribution in [-0.2, 0) is 0 Å². The number of hydrazone groups is 1. The van der Waals surface area contributed by atoms with Gasteiger partial charge in [0.05, 0.1) is 23.0 Å². The largest absolute Gasteiger partial charge is 0.316 e. The Bertz CT molecular complexity index is 1250. The molecule has 0 atom stereocenters. The van der Waals surface area contributed by atoms with Gasteiger partial charge in [-0.15, -0.1) is 0 Å². The Morgan fingerprint density at radius 3 is 1.94 bits per heavy atom. The van der Waals surface area contributed by atoms with Gasteiger partial charge < -0.3 is 4.57 Å². The van der Waals surface area contributed by atoms with E-state index in [1.807, 2.05) is 24.4 Å². The minimum Gasteiger partial charge on any atom is -0.316 e. The molecule has 1 aromatic heterocycles. The van der Waals surface area contributed by atoms with Crippen molar-refractivity contribution in [3.8, 4) is 5.69 Å². The summed E-state index contributed by atoms with van der Waals surface area (Å²) in [6, 6.07) is 32.0. The summed E-state index contributed by atoms with van der Waals surface area (Å²) in [6.07, 6.45) is 2.00. The monoisotopic (exact) mass is 482 g/mol. The molecular formula is C30H31ClN4. The molecule has 5 rings (SSSR count). The van der Waals surface area contributed by atoms with Gasteiger partial charge in [-0.3, -0.25) is 9.91 Å². The van der Waals surface area contributed by atoms with E-state index >= 15 is 0 Å². The molecule has 0 unspecified atom stereocenters. The van der Waals surface area contributed by atoms with Crippen LogP contribution in [0.25, 0.3) is 5.69 Å². The Kier molecular flexibility index (Phi) is 7.03. The third kappa shape index (κ3) is 5.04. The molecule has 3 aromatic carbocycles. The molecule has 2 heterocycles. The van der Waals surface area contributed by atoms with Crippen LogP contribution >= 0.6 is 11.6 Å². The van der Waals surface area contributed by atoms with Gasteiger partial charge in [0.25, 0.3) is 0 Å². The third-order valence-corrected chi connectivity index (χ3v) is 7.13. The Labute approximate surface area is 213 Å². The number of para-hydroxylation sites is 1. The number of benzene rings is 3. The van der Waals surface area contributed by atoms with Crippen molar-refractivity contribution >= 4 is 17.8 Å². The van der Waals surface area contributed by atoms with Crippen LogP contribution in [-0.4, -0.2) is 46.9 Å². The van der Waals surface area contributed by atoms with E-state index in [2.05, 4.69) is 101 Å². The highest BCUT2D eigenvalue weighted by Gasteiger charge is 2.26. The lowest BCUT2D eigenvalue weighted by Crippen LogP contribution is -2.45. The minimum atomic E-state index is 0.262. The highest BCUT2D eigenvalue weighted by Crippen LogP contribution is 2.30. The fourth-order valence-corrected chi connectivity index (χ4v) is 5.26. The van der Waals surface area contributed by atoms with E-state index in [4.69, 9.17) is 16.7 Å². The Hall–Kier alpha value is -3.34. The van der Waals surface area contributed by atoms with Crippen LogP contribution < -0.4 is 0 Å². The number of halogens is 1. The van der Waals surface area contributed by atoms with E-state index in [0.717, 1.165) is 53.8 Å². The first kappa shape index (κ1) is 23.4. The molecule has 178 valence electrons. The van der Waals surface area contributed by atoms with Crippen LogP contribution in [0.5, 0.6) is 0 Å². The van der Waals surface area contributed by atoms with Gasteiger partial charge in [0.1, 0.15) is 0 Å². The Morgan fingerprint density at radius 1 is 0.771 bits per heavy atom. The van der Waals surface area contributed by atoms with E-state index in [9.17, 15) is 0 Å². The predicted octanol–water partition coefficient (Wildman–Crippen LogP) is 6.49. The Balaban J connectivity index is 1.30. The van der Waals surface area contributed by atoms with Gasteiger partial charge in [-0.05, 0) is 43.2 Å². The van der Waals surface area contributed by atoms with E-state index in [1.165, 1.54) is 11.1 Å². The third-order valence-electron chi connectivity index (χ3n) is 6.81. The van der Waals surface area contributed by atoms with Gasteiger partial charge in [0.15, 0.2) is 0 Å². The zero-order chi connectivity index (χ0) is 24.2. The minimum absolute atomic E-state index is 0.262. The number of aromatic nitrogens is 1. The summed E-state index contributed by atoms with van der Waals surface area (Å²) in [5.74, 6) is 0. The molecule has 5 heteroatoms. The second-order valence-corrected chi connectivity index (χ2v) is 9.48. The molecule has 1 aliphatic heterocycles. The number of hydrogen-bond acceptors (Lipinski definition) is 3. The SMILES string of the molecule is Cc1cc(C=NN2CCN(C(c3ccccc3)c3ccccc3)CC2)c(C)n1-c1ccccc1Cl. The molecule has 1 saturated heterocycles. The number of aryl methyl sites for hydroxylation is 1. The highest BCUT2D eigenvalue weighted by atomic mass is 35.5. The summed E-state index contributed by atoms with van der Waals surface area (Å²) in [7, 11) is 0. The molecule has 0 saturated carbocycles. The second-order valence-electron chi connectivity index (χ2n) is 9.07.